The summed E-state index contributed by atoms with van der Waals surface area (Å²) in [7, 11) is 0. The molecule has 0 aliphatic carbocycles. The average Bonchev–Trinajstić information content (AvgIpc) is 2.83. The third-order valence-electron chi connectivity index (χ3n) is 2.41. The summed E-state index contributed by atoms with van der Waals surface area (Å²) < 4.78 is 4.83. The second-order valence-corrected chi connectivity index (χ2v) is 3.86. The molecule has 0 saturated heterocycles. The van der Waals surface area contributed by atoms with Gasteiger partial charge in [-0.1, -0.05) is 5.16 Å². The van der Waals surface area contributed by atoms with Crippen molar-refractivity contribution in [1.29, 1.82) is 0 Å². The van der Waals surface area contributed by atoms with Crippen LogP contribution in [-0.2, 0) is 6.54 Å². The summed E-state index contributed by atoms with van der Waals surface area (Å²) in [4.78, 5) is 20.1. The summed E-state index contributed by atoms with van der Waals surface area (Å²) in [6.45, 7) is 4.60. The summed E-state index contributed by atoms with van der Waals surface area (Å²) >= 11 is 0. The van der Waals surface area contributed by atoms with Crippen LogP contribution in [0, 0.1) is 6.92 Å². The highest BCUT2D eigenvalue weighted by Gasteiger charge is 2.11. The number of aromatic nitrogens is 3. The van der Waals surface area contributed by atoms with E-state index in [-0.39, 0.29) is 12.5 Å². The van der Waals surface area contributed by atoms with Gasteiger partial charge in [-0.25, -0.2) is 0 Å². The Hall–Kier alpha value is -2.44. The first-order valence-corrected chi connectivity index (χ1v) is 5.96. The fraction of sp³-hybridized carbons (Fsp3) is 0.333. The second kappa shape index (κ2) is 5.94. The Morgan fingerprint density at radius 3 is 3.00 bits per heavy atom. The van der Waals surface area contributed by atoms with Gasteiger partial charge in [0.15, 0.2) is 5.82 Å². The molecule has 2 heterocycles. The van der Waals surface area contributed by atoms with Gasteiger partial charge in [0.1, 0.15) is 0 Å². The molecule has 2 aromatic heterocycles. The van der Waals surface area contributed by atoms with E-state index >= 15 is 0 Å². The van der Waals surface area contributed by atoms with Crippen LogP contribution in [0.4, 0.5) is 5.69 Å². The quantitative estimate of drug-likeness (QED) is 0.838. The number of anilines is 1. The molecule has 2 rings (SSSR count). The lowest BCUT2D eigenvalue weighted by Crippen LogP contribution is -2.24. The molecule has 0 bridgehead atoms. The predicted molar refractivity (Wildman–Crippen MR) is 68.6 cm³/mol. The van der Waals surface area contributed by atoms with Crippen LogP contribution in [0.5, 0.6) is 0 Å². The van der Waals surface area contributed by atoms with E-state index in [1.54, 1.807) is 25.4 Å². The summed E-state index contributed by atoms with van der Waals surface area (Å²) in [5, 5.41) is 9.53. The minimum absolute atomic E-state index is 0.208. The van der Waals surface area contributed by atoms with Crippen LogP contribution < -0.4 is 10.6 Å². The maximum absolute atomic E-state index is 12.1. The highest BCUT2D eigenvalue weighted by molar-refractivity contribution is 5.99. The van der Waals surface area contributed by atoms with Crippen molar-refractivity contribution in [2.75, 3.05) is 11.9 Å². The lowest BCUT2D eigenvalue weighted by atomic mass is 10.2. The molecule has 0 aromatic carbocycles. The lowest BCUT2D eigenvalue weighted by molar-refractivity contribution is 0.0950. The zero-order valence-electron chi connectivity index (χ0n) is 10.8. The molecule has 7 nitrogen and oxygen atoms in total. The normalized spacial score (nSPS) is 10.2. The van der Waals surface area contributed by atoms with Crippen molar-refractivity contribution in [3.05, 3.63) is 35.7 Å². The van der Waals surface area contributed by atoms with Gasteiger partial charge < -0.3 is 15.2 Å². The van der Waals surface area contributed by atoms with Gasteiger partial charge in [-0.05, 0) is 13.0 Å². The lowest BCUT2D eigenvalue weighted by Gasteiger charge is -2.09. The topological polar surface area (TPSA) is 92.9 Å². The molecule has 2 aromatic rings. The largest absolute Gasteiger partial charge is 0.383 e. The van der Waals surface area contributed by atoms with Gasteiger partial charge in [-0.3, -0.25) is 9.78 Å². The molecule has 0 saturated carbocycles. The number of nitrogens with zero attached hydrogens (tertiary/aromatic N) is 3. The monoisotopic (exact) mass is 261 g/mol. The van der Waals surface area contributed by atoms with Crippen molar-refractivity contribution in [3.8, 4) is 0 Å². The van der Waals surface area contributed by atoms with Crippen LogP contribution >= 0.6 is 0 Å². The van der Waals surface area contributed by atoms with E-state index in [0.717, 1.165) is 6.54 Å². The van der Waals surface area contributed by atoms with Gasteiger partial charge in [0.25, 0.3) is 5.91 Å². The summed E-state index contributed by atoms with van der Waals surface area (Å²) in [5.41, 5.74) is 1.24. The van der Waals surface area contributed by atoms with Crippen molar-refractivity contribution in [1.82, 2.24) is 20.4 Å². The van der Waals surface area contributed by atoms with E-state index in [0.29, 0.717) is 23.0 Å². The SMILES string of the molecule is CCNc1cnccc1C(=O)NCc1noc(C)n1. The smallest absolute Gasteiger partial charge is 0.253 e. The zero-order chi connectivity index (χ0) is 13.7. The van der Waals surface area contributed by atoms with Gasteiger partial charge >= 0.3 is 0 Å². The van der Waals surface area contributed by atoms with Crippen molar-refractivity contribution in [2.24, 2.45) is 0 Å². The molecule has 0 atom stereocenters. The van der Waals surface area contributed by atoms with Crippen LogP contribution in [0.15, 0.2) is 23.0 Å². The third kappa shape index (κ3) is 3.27. The number of nitrogens with one attached hydrogen (secondary N) is 2. The number of carbonyl (C=O) groups is 1. The average molecular weight is 261 g/mol. The molecule has 0 aliphatic rings. The molecular formula is C12H15N5O2. The molecule has 0 unspecified atom stereocenters. The fourth-order valence-electron chi connectivity index (χ4n) is 1.59. The van der Waals surface area contributed by atoms with E-state index in [1.807, 2.05) is 6.92 Å². The summed E-state index contributed by atoms with van der Waals surface area (Å²) in [6, 6.07) is 1.66. The molecule has 1 amide bonds. The highest BCUT2D eigenvalue weighted by atomic mass is 16.5. The number of rotatable bonds is 5. The van der Waals surface area contributed by atoms with Crippen molar-refractivity contribution < 1.29 is 9.32 Å². The Labute approximate surface area is 110 Å². The van der Waals surface area contributed by atoms with E-state index in [9.17, 15) is 4.79 Å². The number of aryl methyl sites for hydroxylation is 1. The molecule has 19 heavy (non-hydrogen) atoms. The maximum Gasteiger partial charge on any atom is 0.253 e. The first-order valence-electron chi connectivity index (χ1n) is 5.96. The highest BCUT2D eigenvalue weighted by Crippen LogP contribution is 2.12. The van der Waals surface area contributed by atoms with Gasteiger partial charge in [0, 0.05) is 19.7 Å². The predicted octanol–water partition coefficient (Wildman–Crippen LogP) is 1.13. The van der Waals surface area contributed by atoms with Crippen LogP contribution in [-0.4, -0.2) is 27.6 Å². The maximum atomic E-state index is 12.1. The first kappa shape index (κ1) is 13.0. The van der Waals surface area contributed by atoms with E-state index in [4.69, 9.17) is 4.52 Å². The zero-order valence-corrected chi connectivity index (χ0v) is 10.8. The minimum atomic E-state index is -0.208. The number of pyridine rings is 1. The number of carbonyl (C=O) groups excluding carboxylic acids is 1. The fourth-order valence-corrected chi connectivity index (χ4v) is 1.59. The Kier molecular flexibility index (Phi) is 4.07. The molecule has 100 valence electrons. The van der Waals surface area contributed by atoms with Gasteiger partial charge in [0.05, 0.1) is 24.0 Å². The van der Waals surface area contributed by atoms with E-state index in [1.165, 1.54) is 0 Å². The molecule has 2 N–H and O–H groups in total. The van der Waals surface area contributed by atoms with Crippen LogP contribution in [0.3, 0.4) is 0 Å². The molecule has 0 aliphatic heterocycles. The molecule has 7 heteroatoms. The molecule has 0 spiro atoms. The van der Waals surface area contributed by atoms with Crippen LogP contribution in [0.25, 0.3) is 0 Å². The van der Waals surface area contributed by atoms with Crippen molar-refractivity contribution >= 4 is 11.6 Å². The molecule has 0 fully saturated rings. The van der Waals surface area contributed by atoms with E-state index < -0.39 is 0 Å². The second-order valence-electron chi connectivity index (χ2n) is 3.86. The molecule has 0 radical (unpaired) electrons. The first-order chi connectivity index (χ1) is 9.20. The van der Waals surface area contributed by atoms with Crippen LogP contribution in [0.1, 0.15) is 29.0 Å². The third-order valence-corrected chi connectivity index (χ3v) is 2.41. The Morgan fingerprint density at radius 2 is 2.32 bits per heavy atom. The van der Waals surface area contributed by atoms with Gasteiger partial charge in [0.2, 0.25) is 5.89 Å². The Bertz CT molecular complexity index is 567. The number of hydrogen-bond acceptors (Lipinski definition) is 6. The van der Waals surface area contributed by atoms with Gasteiger partial charge in [-0.2, -0.15) is 4.98 Å². The summed E-state index contributed by atoms with van der Waals surface area (Å²) in [6.07, 6.45) is 3.20. The van der Waals surface area contributed by atoms with E-state index in [2.05, 4.69) is 25.8 Å². The van der Waals surface area contributed by atoms with Crippen LogP contribution in [0.2, 0.25) is 0 Å². The standard InChI is InChI=1S/C12H15N5O2/c1-3-14-10-6-13-5-4-9(10)12(18)15-7-11-16-8(2)19-17-11/h4-6,14H,3,7H2,1-2H3,(H,15,18). The van der Waals surface area contributed by atoms with Gasteiger partial charge in [-0.15, -0.1) is 0 Å². The van der Waals surface area contributed by atoms with Crippen molar-refractivity contribution in [2.45, 2.75) is 20.4 Å². The summed E-state index contributed by atoms with van der Waals surface area (Å²) in [5.74, 6) is 0.715. The Morgan fingerprint density at radius 1 is 1.47 bits per heavy atom. The number of amides is 1. The minimum Gasteiger partial charge on any atom is -0.383 e. The molecular weight excluding hydrogens is 246 g/mol. The number of hydrogen-bond donors (Lipinski definition) is 2. The van der Waals surface area contributed by atoms with Crippen molar-refractivity contribution in [3.63, 3.8) is 0 Å². The Balaban J connectivity index is 2.03.